The molecule has 0 saturated heterocycles. The van der Waals surface area contributed by atoms with Crippen molar-refractivity contribution in [3.8, 4) is 17.2 Å². The first-order valence-corrected chi connectivity index (χ1v) is 5.67. The molecule has 1 aliphatic rings. The maximum absolute atomic E-state index is 6.11. The van der Waals surface area contributed by atoms with Gasteiger partial charge in [0, 0.05) is 23.7 Å². The summed E-state index contributed by atoms with van der Waals surface area (Å²) in [6.45, 7) is 3.99. The van der Waals surface area contributed by atoms with Gasteiger partial charge in [-0.25, -0.2) is 0 Å². The zero-order valence-electron chi connectivity index (χ0n) is 10.7. The van der Waals surface area contributed by atoms with Crippen molar-refractivity contribution >= 4 is 0 Å². The molecule has 1 unspecified atom stereocenters. The van der Waals surface area contributed by atoms with Crippen LogP contribution < -0.4 is 19.9 Å². The van der Waals surface area contributed by atoms with Crippen LogP contribution in [0.25, 0.3) is 0 Å². The Kier molecular flexibility index (Phi) is 2.91. The lowest BCUT2D eigenvalue weighted by atomic mass is 9.89. The molecule has 2 N–H and O–H groups in total. The fraction of sp³-hybridized carbons (Fsp3) is 0.538. The molecule has 4 heteroatoms. The highest BCUT2D eigenvalue weighted by Gasteiger charge is 2.36. The standard InChI is InChI=1S/C13H19NO3/c1-13(2)12(14)7-9-10(16-4)5-8(15-3)6-11(9)17-13/h5-6,12H,7,14H2,1-4H3. The number of benzene rings is 1. The second-order valence-electron chi connectivity index (χ2n) is 4.82. The largest absolute Gasteiger partial charge is 0.496 e. The summed E-state index contributed by atoms with van der Waals surface area (Å²) in [6.07, 6.45) is 0.746. The molecule has 1 aliphatic heterocycles. The van der Waals surface area contributed by atoms with E-state index >= 15 is 0 Å². The van der Waals surface area contributed by atoms with E-state index in [9.17, 15) is 0 Å². The summed E-state index contributed by atoms with van der Waals surface area (Å²) in [6, 6.07) is 3.69. The third-order valence-electron chi connectivity index (χ3n) is 3.29. The van der Waals surface area contributed by atoms with Crippen molar-refractivity contribution in [3.63, 3.8) is 0 Å². The fourth-order valence-corrected chi connectivity index (χ4v) is 2.01. The maximum Gasteiger partial charge on any atom is 0.130 e. The van der Waals surface area contributed by atoms with E-state index in [4.69, 9.17) is 19.9 Å². The fourth-order valence-electron chi connectivity index (χ4n) is 2.01. The second-order valence-corrected chi connectivity index (χ2v) is 4.82. The number of nitrogens with two attached hydrogens (primary N) is 1. The Morgan fingerprint density at radius 1 is 1.29 bits per heavy atom. The number of hydrogen-bond acceptors (Lipinski definition) is 4. The predicted octanol–water partition coefficient (Wildman–Crippen LogP) is 1.74. The molecule has 0 radical (unpaired) electrons. The second kappa shape index (κ2) is 4.11. The first kappa shape index (κ1) is 12.0. The third-order valence-corrected chi connectivity index (χ3v) is 3.29. The lowest BCUT2D eigenvalue weighted by Gasteiger charge is -2.38. The van der Waals surface area contributed by atoms with Gasteiger partial charge in [-0.2, -0.15) is 0 Å². The van der Waals surface area contributed by atoms with Crippen molar-refractivity contribution in [3.05, 3.63) is 17.7 Å². The van der Waals surface area contributed by atoms with Crippen LogP contribution in [0.2, 0.25) is 0 Å². The van der Waals surface area contributed by atoms with E-state index in [1.165, 1.54) is 0 Å². The third kappa shape index (κ3) is 2.05. The average Bonchev–Trinajstić information content (AvgIpc) is 2.29. The molecule has 1 aromatic carbocycles. The summed E-state index contributed by atoms with van der Waals surface area (Å²) < 4.78 is 16.5. The molecule has 0 aliphatic carbocycles. The van der Waals surface area contributed by atoms with Crippen molar-refractivity contribution in [2.24, 2.45) is 5.73 Å². The van der Waals surface area contributed by atoms with Crippen molar-refractivity contribution in [1.29, 1.82) is 0 Å². The highest BCUT2D eigenvalue weighted by atomic mass is 16.5. The lowest BCUT2D eigenvalue weighted by Crippen LogP contribution is -2.51. The minimum Gasteiger partial charge on any atom is -0.496 e. The number of hydrogen-bond donors (Lipinski definition) is 1. The van der Waals surface area contributed by atoms with Crippen LogP contribution in [-0.2, 0) is 6.42 Å². The van der Waals surface area contributed by atoms with Crippen LogP contribution in [0.3, 0.4) is 0 Å². The normalized spacial score (nSPS) is 21.4. The van der Waals surface area contributed by atoms with Gasteiger partial charge in [0.2, 0.25) is 0 Å². The highest BCUT2D eigenvalue weighted by molar-refractivity contribution is 5.52. The molecule has 0 aromatic heterocycles. The van der Waals surface area contributed by atoms with Crippen LogP contribution in [0, 0.1) is 0 Å². The summed E-state index contributed by atoms with van der Waals surface area (Å²) in [4.78, 5) is 0. The number of rotatable bonds is 2. The van der Waals surface area contributed by atoms with E-state index in [2.05, 4.69) is 0 Å². The van der Waals surface area contributed by atoms with Gasteiger partial charge in [0.15, 0.2) is 0 Å². The van der Waals surface area contributed by atoms with Crippen LogP contribution in [0.1, 0.15) is 19.4 Å². The van der Waals surface area contributed by atoms with Gasteiger partial charge in [0.05, 0.1) is 14.2 Å². The monoisotopic (exact) mass is 237 g/mol. The summed E-state index contributed by atoms with van der Waals surface area (Å²) in [7, 11) is 3.27. The predicted molar refractivity (Wildman–Crippen MR) is 65.9 cm³/mol. The van der Waals surface area contributed by atoms with E-state index in [0.29, 0.717) is 0 Å². The van der Waals surface area contributed by atoms with Gasteiger partial charge in [-0.05, 0) is 20.3 Å². The quantitative estimate of drug-likeness (QED) is 0.851. The Morgan fingerprint density at radius 3 is 2.59 bits per heavy atom. The van der Waals surface area contributed by atoms with Gasteiger partial charge in [-0.1, -0.05) is 0 Å². The number of methoxy groups -OCH3 is 2. The molecule has 0 saturated carbocycles. The average molecular weight is 237 g/mol. The van der Waals surface area contributed by atoms with Crippen LogP contribution in [0.4, 0.5) is 0 Å². The summed E-state index contributed by atoms with van der Waals surface area (Å²) in [5.74, 6) is 2.30. The van der Waals surface area contributed by atoms with Gasteiger partial charge >= 0.3 is 0 Å². The van der Waals surface area contributed by atoms with Crippen LogP contribution in [0.15, 0.2) is 12.1 Å². The molecule has 17 heavy (non-hydrogen) atoms. The van der Waals surface area contributed by atoms with Crippen LogP contribution in [0.5, 0.6) is 17.2 Å². The Morgan fingerprint density at radius 2 is 2.00 bits per heavy atom. The van der Waals surface area contributed by atoms with Gasteiger partial charge in [0.25, 0.3) is 0 Å². The number of fused-ring (bicyclic) bond motifs is 1. The molecule has 1 heterocycles. The zero-order valence-corrected chi connectivity index (χ0v) is 10.7. The van der Waals surface area contributed by atoms with E-state index in [0.717, 1.165) is 29.2 Å². The summed E-state index contributed by atoms with van der Waals surface area (Å²) in [5, 5.41) is 0. The molecule has 2 rings (SSSR count). The zero-order chi connectivity index (χ0) is 12.6. The smallest absolute Gasteiger partial charge is 0.130 e. The maximum atomic E-state index is 6.11. The lowest BCUT2D eigenvalue weighted by molar-refractivity contribution is 0.0627. The first-order chi connectivity index (χ1) is 7.97. The van der Waals surface area contributed by atoms with E-state index in [-0.39, 0.29) is 11.6 Å². The molecule has 1 aromatic rings. The molecule has 0 bridgehead atoms. The SMILES string of the molecule is COc1cc(OC)c2c(c1)OC(C)(C)C(N)C2. The van der Waals surface area contributed by atoms with Crippen molar-refractivity contribution in [1.82, 2.24) is 0 Å². The Balaban J connectivity index is 2.49. The molecule has 0 spiro atoms. The molecular weight excluding hydrogens is 218 g/mol. The van der Waals surface area contributed by atoms with Crippen molar-refractivity contribution in [2.45, 2.75) is 31.9 Å². The van der Waals surface area contributed by atoms with Crippen molar-refractivity contribution in [2.75, 3.05) is 14.2 Å². The molecule has 1 atom stereocenters. The van der Waals surface area contributed by atoms with E-state index < -0.39 is 0 Å². The molecule has 0 amide bonds. The molecular formula is C13H19NO3. The van der Waals surface area contributed by atoms with Gasteiger partial charge in [-0.15, -0.1) is 0 Å². The molecule has 4 nitrogen and oxygen atoms in total. The minimum absolute atomic E-state index is 0.0442. The summed E-state index contributed by atoms with van der Waals surface area (Å²) >= 11 is 0. The Hall–Kier alpha value is -1.42. The topological polar surface area (TPSA) is 53.7 Å². The highest BCUT2D eigenvalue weighted by Crippen LogP contribution is 2.40. The molecule has 94 valence electrons. The minimum atomic E-state index is -0.371. The summed E-state index contributed by atoms with van der Waals surface area (Å²) in [5.41, 5.74) is 6.75. The van der Waals surface area contributed by atoms with Crippen LogP contribution >= 0.6 is 0 Å². The van der Waals surface area contributed by atoms with E-state index in [1.807, 2.05) is 26.0 Å². The van der Waals surface area contributed by atoms with Crippen molar-refractivity contribution < 1.29 is 14.2 Å². The first-order valence-electron chi connectivity index (χ1n) is 5.67. The Labute approximate surface area is 102 Å². The number of ether oxygens (including phenoxy) is 3. The van der Waals surface area contributed by atoms with Crippen LogP contribution in [-0.4, -0.2) is 25.9 Å². The van der Waals surface area contributed by atoms with Gasteiger partial charge < -0.3 is 19.9 Å². The Bertz CT molecular complexity index is 429. The van der Waals surface area contributed by atoms with Gasteiger partial charge in [-0.3, -0.25) is 0 Å². The van der Waals surface area contributed by atoms with Gasteiger partial charge in [0.1, 0.15) is 22.8 Å². The van der Waals surface area contributed by atoms with E-state index in [1.54, 1.807) is 14.2 Å². The molecule has 0 fully saturated rings.